The van der Waals surface area contributed by atoms with Gasteiger partial charge in [0.05, 0.1) is 5.03 Å². The third-order valence-electron chi connectivity index (χ3n) is 2.85. The summed E-state index contributed by atoms with van der Waals surface area (Å²) in [6.07, 6.45) is 0.662. The standard InChI is InChI=1S/C12H11NO2S2/c14-9-6-8(7-4-2-1-3-5-7)10-11(16-9)13-12(15)17-10/h1-5,8-9,14H,6H2,(H,13,15)/t8-,9+/m0/s1. The number of thioether (sulfide) groups is 1. The van der Waals surface area contributed by atoms with Crippen LogP contribution in [0.3, 0.4) is 0 Å². The number of rotatable bonds is 1. The summed E-state index contributed by atoms with van der Waals surface area (Å²) in [6.45, 7) is 0. The average molecular weight is 265 g/mol. The molecule has 1 aliphatic rings. The van der Waals surface area contributed by atoms with Gasteiger partial charge in [-0.05, 0) is 12.0 Å². The molecule has 0 bridgehead atoms. The van der Waals surface area contributed by atoms with E-state index in [9.17, 15) is 9.90 Å². The van der Waals surface area contributed by atoms with Gasteiger partial charge < -0.3 is 10.1 Å². The number of nitrogens with one attached hydrogen (secondary N) is 1. The van der Waals surface area contributed by atoms with E-state index >= 15 is 0 Å². The van der Waals surface area contributed by atoms with Crippen LogP contribution >= 0.6 is 23.1 Å². The summed E-state index contributed by atoms with van der Waals surface area (Å²) >= 11 is 2.59. The first-order valence-corrected chi connectivity index (χ1v) is 7.06. The maximum atomic E-state index is 11.4. The minimum absolute atomic E-state index is 0.0440. The summed E-state index contributed by atoms with van der Waals surface area (Å²) in [7, 11) is 0. The normalized spacial score (nSPS) is 23.4. The number of aliphatic hydroxyl groups is 1. The van der Waals surface area contributed by atoms with Gasteiger partial charge in [-0.2, -0.15) is 0 Å². The van der Waals surface area contributed by atoms with Crippen molar-refractivity contribution in [2.24, 2.45) is 0 Å². The summed E-state index contributed by atoms with van der Waals surface area (Å²) in [5, 5.41) is 10.7. The number of aromatic amines is 1. The van der Waals surface area contributed by atoms with Crippen molar-refractivity contribution in [1.82, 2.24) is 4.98 Å². The quantitative estimate of drug-likeness (QED) is 0.832. The predicted octanol–water partition coefficient (Wildman–Crippen LogP) is 2.38. The number of thiazole rings is 1. The number of aromatic nitrogens is 1. The van der Waals surface area contributed by atoms with Crippen LogP contribution in [0, 0.1) is 0 Å². The van der Waals surface area contributed by atoms with E-state index in [-0.39, 0.29) is 10.8 Å². The molecule has 5 heteroatoms. The molecule has 0 unspecified atom stereocenters. The van der Waals surface area contributed by atoms with Crippen LogP contribution in [0.2, 0.25) is 0 Å². The van der Waals surface area contributed by atoms with Crippen molar-refractivity contribution in [2.45, 2.75) is 22.8 Å². The van der Waals surface area contributed by atoms with E-state index in [2.05, 4.69) is 4.98 Å². The summed E-state index contributed by atoms with van der Waals surface area (Å²) in [5.41, 5.74) is 0.710. The number of aliphatic hydroxyl groups excluding tert-OH is 1. The number of H-pyrrole nitrogens is 1. The van der Waals surface area contributed by atoms with Crippen LogP contribution < -0.4 is 4.87 Å². The number of hydrogen-bond donors (Lipinski definition) is 2. The van der Waals surface area contributed by atoms with Crippen molar-refractivity contribution in [3.63, 3.8) is 0 Å². The Morgan fingerprint density at radius 3 is 2.82 bits per heavy atom. The Kier molecular flexibility index (Phi) is 2.82. The van der Waals surface area contributed by atoms with E-state index in [1.165, 1.54) is 23.1 Å². The lowest BCUT2D eigenvalue weighted by molar-refractivity contribution is 0.243. The van der Waals surface area contributed by atoms with Gasteiger partial charge in [0, 0.05) is 10.8 Å². The lowest BCUT2D eigenvalue weighted by Crippen LogP contribution is -2.15. The van der Waals surface area contributed by atoms with Crippen LogP contribution in [0.15, 0.2) is 40.2 Å². The van der Waals surface area contributed by atoms with Crippen molar-refractivity contribution in [3.05, 3.63) is 50.4 Å². The van der Waals surface area contributed by atoms with Crippen molar-refractivity contribution >= 4 is 23.1 Å². The highest BCUT2D eigenvalue weighted by atomic mass is 32.2. The minimum atomic E-state index is -0.446. The van der Waals surface area contributed by atoms with Gasteiger partial charge in [-0.1, -0.05) is 53.4 Å². The van der Waals surface area contributed by atoms with Gasteiger partial charge in [0.15, 0.2) is 0 Å². The lowest BCUT2D eigenvalue weighted by Gasteiger charge is -2.25. The van der Waals surface area contributed by atoms with Crippen LogP contribution in [0.4, 0.5) is 0 Å². The highest BCUT2D eigenvalue weighted by Gasteiger charge is 2.30. The monoisotopic (exact) mass is 265 g/mol. The summed E-state index contributed by atoms with van der Waals surface area (Å²) in [4.78, 5) is 15.2. The second kappa shape index (κ2) is 4.33. The van der Waals surface area contributed by atoms with Crippen LogP contribution in [0.5, 0.6) is 0 Å². The first-order chi connectivity index (χ1) is 8.24. The fraction of sp³-hybridized carbons (Fsp3) is 0.250. The molecule has 2 heterocycles. The van der Waals surface area contributed by atoms with Gasteiger partial charge in [0.1, 0.15) is 5.44 Å². The third kappa shape index (κ3) is 2.06. The summed E-state index contributed by atoms with van der Waals surface area (Å²) in [6, 6.07) is 10.0. The molecule has 0 aliphatic carbocycles. The van der Waals surface area contributed by atoms with E-state index in [1.807, 2.05) is 30.3 Å². The predicted molar refractivity (Wildman–Crippen MR) is 69.7 cm³/mol. The Morgan fingerprint density at radius 2 is 2.06 bits per heavy atom. The van der Waals surface area contributed by atoms with Gasteiger partial charge in [-0.25, -0.2) is 0 Å². The molecule has 1 aliphatic heterocycles. The molecule has 2 aromatic rings. The third-order valence-corrected chi connectivity index (χ3v) is 5.00. The number of hydrogen-bond acceptors (Lipinski definition) is 4. The molecule has 0 spiro atoms. The Labute approximate surface area is 107 Å². The molecule has 0 saturated carbocycles. The zero-order chi connectivity index (χ0) is 11.8. The van der Waals surface area contributed by atoms with Crippen LogP contribution in [-0.2, 0) is 0 Å². The Bertz CT molecular complexity index is 576. The molecular formula is C12H11NO2S2. The highest BCUT2D eigenvalue weighted by molar-refractivity contribution is 7.99. The van der Waals surface area contributed by atoms with Crippen molar-refractivity contribution in [3.8, 4) is 0 Å². The van der Waals surface area contributed by atoms with Gasteiger partial charge in [-0.3, -0.25) is 4.79 Å². The fourth-order valence-corrected chi connectivity index (χ4v) is 4.28. The first-order valence-electron chi connectivity index (χ1n) is 5.36. The molecule has 1 aromatic heterocycles. The molecule has 0 amide bonds. The van der Waals surface area contributed by atoms with Gasteiger partial charge in [0.2, 0.25) is 0 Å². The minimum Gasteiger partial charge on any atom is -0.382 e. The molecule has 88 valence electrons. The molecule has 0 fully saturated rings. The Balaban J connectivity index is 2.09. The average Bonchev–Trinajstić information content (AvgIpc) is 2.69. The first kappa shape index (κ1) is 11.1. The van der Waals surface area contributed by atoms with E-state index in [0.29, 0.717) is 6.42 Å². The largest absolute Gasteiger partial charge is 0.382 e. The molecule has 17 heavy (non-hydrogen) atoms. The fourth-order valence-electron chi connectivity index (χ4n) is 2.11. The zero-order valence-corrected chi connectivity index (χ0v) is 10.6. The molecule has 2 atom stereocenters. The van der Waals surface area contributed by atoms with E-state index in [1.54, 1.807) is 0 Å². The van der Waals surface area contributed by atoms with E-state index in [0.717, 1.165) is 15.5 Å². The molecule has 3 nitrogen and oxygen atoms in total. The molecular weight excluding hydrogens is 254 g/mol. The Hall–Kier alpha value is -1.04. The maximum Gasteiger partial charge on any atom is 0.305 e. The van der Waals surface area contributed by atoms with Crippen molar-refractivity contribution in [2.75, 3.05) is 0 Å². The molecule has 3 rings (SSSR count). The zero-order valence-electron chi connectivity index (χ0n) is 8.92. The lowest BCUT2D eigenvalue weighted by atomic mass is 9.94. The topological polar surface area (TPSA) is 53.1 Å². The van der Waals surface area contributed by atoms with Crippen LogP contribution in [-0.4, -0.2) is 15.5 Å². The highest BCUT2D eigenvalue weighted by Crippen LogP contribution is 2.44. The number of benzene rings is 1. The molecule has 0 saturated heterocycles. The second-order valence-corrected chi connectivity index (χ2v) is 6.18. The SMILES string of the molecule is O=c1[nH]c2c(s1)[C@H](c1ccccc1)C[C@H](O)S2. The second-order valence-electron chi connectivity index (χ2n) is 3.98. The molecule has 0 radical (unpaired) electrons. The number of fused-ring (bicyclic) bond motifs is 1. The van der Waals surface area contributed by atoms with Gasteiger partial charge in [-0.15, -0.1) is 0 Å². The Morgan fingerprint density at radius 1 is 1.29 bits per heavy atom. The smallest absolute Gasteiger partial charge is 0.305 e. The van der Waals surface area contributed by atoms with Crippen LogP contribution in [0.25, 0.3) is 0 Å². The van der Waals surface area contributed by atoms with E-state index in [4.69, 9.17) is 0 Å². The maximum absolute atomic E-state index is 11.4. The van der Waals surface area contributed by atoms with E-state index < -0.39 is 5.44 Å². The molecule has 2 N–H and O–H groups in total. The van der Waals surface area contributed by atoms with Crippen molar-refractivity contribution < 1.29 is 5.11 Å². The van der Waals surface area contributed by atoms with Gasteiger partial charge in [0.25, 0.3) is 0 Å². The van der Waals surface area contributed by atoms with Crippen molar-refractivity contribution in [1.29, 1.82) is 0 Å². The van der Waals surface area contributed by atoms with Crippen LogP contribution in [0.1, 0.15) is 22.8 Å². The van der Waals surface area contributed by atoms with Gasteiger partial charge >= 0.3 is 4.87 Å². The molecule has 1 aromatic carbocycles. The summed E-state index contributed by atoms with van der Waals surface area (Å²) in [5.74, 6) is 0.131. The summed E-state index contributed by atoms with van der Waals surface area (Å²) < 4.78 is 0.